The molecule has 0 bridgehead atoms. The third-order valence-electron chi connectivity index (χ3n) is 6.72. The van der Waals surface area contributed by atoms with Gasteiger partial charge in [0, 0.05) is 41.9 Å². The lowest BCUT2D eigenvalue weighted by Crippen LogP contribution is -2.35. The summed E-state index contributed by atoms with van der Waals surface area (Å²) in [5, 5.41) is 24.7. The molecule has 0 saturated carbocycles. The molecule has 0 aliphatic heterocycles. The third kappa shape index (κ3) is 5.69. The number of carbonyl (C=O) groups excluding carboxylic acids is 1. The topological polar surface area (TPSA) is 156 Å². The number of anilines is 1. The molecular weight excluding hydrogens is 509 g/mol. The number of hydrogen-bond donors (Lipinski definition) is 4. The molecule has 0 radical (unpaired) electrons. The zero-order chi connectivity index (χ0) is 27.8. The molecule has 1 aliphatic carbocycles. The molecule has 3 aromatic rings. The summed E-state index contributed by atoms with van der Waals surface area (Å²) in [6, 6.07) is 7.22. The average Bonchev–Trinajstić information content (AvgIpc) is 3.51. The summed E-state index contributed by atoms with van der Waals surface area (Å²) in [5.74, 6) is 0. The second kappa shape index (κ2) is 10.4. The Balaban J connectivity index is 1.64. The van der Waals surface area contributed by atoms with Crippen LogP contribution >= 0.6 is 0 Å². The smallest absolute Gasteiger partial charge is 0.427 e. The fourth-order valence-corrected chi connectivity index (χ4v) is 5.28. The van der Waals surface area contributed by atoms with Gasteiger partial charge in [0.15, 0.2) is 5.03 Å². The maximum atomic E-state index is 12.9. The summed E-state index contributed by atoms with van der Waals surface area (Å²) in [5.41, 5.74) is 3.16. The average molecular weight is 541 g/mol. The largest absolute Gasteiger partial charge is 0.459 e. The van der Waals surface area contributed by atoms with Crippen molar-refractivity contribution in [2.75, 3.05) is 5.32 Å². The van der Waals surface area contributed by atoms with Crippen molar-refractivity contribution in [3.8, 4) is 11.1 Å². The number of benzene rings is 1. The first-order valence-electron chi connectivity index (χ1n) is 12.4. The molecule has 0 atom stereocenters. The van der Waals surface area contributed by atoms with E-state index in [-0.39, 0.29) is 23.2 Å². The SMILES string of the molecule is CC(C)n1ccc(S(=O)(=O)NC(=O)Nc2c(-c3ccn(CC(C)(C)B(O)O)c(=O)c3)ccc3c2CCC3)n1. The second-order valence-corrected chi connectivity index (χ2v) is 12.1. The van der Waals surface area contributed by atoms with Gasteiger partial charge < -0.3 is 19.9 Å². The van der Waals surface area contributed by atoms with Crippen molar-refractivity contribution in [2.45, 2.75) is 69.9 Å². The predicted octanol–water partition coefficient (Wildman–Crippen LogP) is 2.54. The quantitative estimate of drug-likeness (QED) is 0.320. The Bertz CT molecular complexity index is 1530. The Morgan fingerprint density at radius 3 is 2.53 bits per heavy atom. The van der Waals surface area contributed by atoms with Gasteiger partial charge in [-0.25, -0.2) is 9.52 Å². The Labute approximate surface area is 221 Å². The minimum absolute atomic E-state index is 0.0440. The molecule has 0 unspecified atom stereocenters. The van der Waals surface area contributed by atoms with Gasteiger partial charge in [-0.3, -0.25) is 9.48 Å². The van der Waals surface area contributed by atoms with Gasteiger partial charge >= 0.3 is 13.1 Å². The van der Waals surface area contributed by atoms with E-state index in [1.807, 2.05) is 24.6 Å². The molecule has 4 rings (SSSR count). The molecule has 0 saturated heterocycles. The van der Waals surface area contributed by atoms with Crippen molar-refractivity contribution in [1.29, 1.82) is 0 Å². The van der Waals surface area contributed by atoms with Crippen LogP contribution in [-0.4, -0.2) is 46.0 Å². The molecule has 2 amide bonds. The maximum absolute atomic E-state index is 12.9. The van der Waals surface area contributed by atoms with Crippen LogP contribution in [0, 0.1) is 0 Å². The number of nitrogens with zero attached hydrogens (tertiary/aromatic N) is 3. The van der Waals surface area contributed by atoms with Gasteiger partial charge in [0.1, 0.15) is 0 Å². The van der Waals surface area contributed by atoms with E-state index in [0.717, 1.165) is 24.0 Å². The summed E-state index contributed by atoms with van der Waals surface area (Å²) in [4.78, 5) is 25.8. The van der Waals surface area contributed by atoms with E-state index in [4.69, 9.17) is 0 Å². The van der Waals surface area contributed by atoms with Crippen LogP contribution in [0.3, 0.4) is 0 Å². The lowest BCUT2D eigenvalue weighted by atomic mass is 9.60. The van der Waals surface area contributed by atoms with Crippen LogP contribution in [-0.2, 0) is 29.4 Å². The van der Waals surface area contributed by atoms with Gasteiger partial charge in [0.05, 0.1) is 5.69 Å². The molecule has 1 aromatic carbocycles. The Hall–Kier alpha value is -3.42. The van der Waals surface area contributed by atoms with Crippen LogP contribution in [0.2, 0.25) is 5.31 Å². The van der Waals surface area contributed by atoms with E-state index in [1.54, 1.807) is 32.2 Å². The van der Waals surface area contributed by atoms with Crippen LogP contribution in [0.1, 0.15) is 51.3 Å². The highest BCUT2D eigenvalue weighted by atomic mass is 32.2. The number of sulfonamides is 1. The van der Waals surface area contributed by atoms with E-state index in [2.05, 4.69) is 10.4 Å². The van der Waals surface area contributed by atoms with Crippen LogP contribution in [0.4, 0.5) is 10.5 Å². The van der Waals surface area contributed by atoms with Crippen molar-refractivity contribution < 1.29 is 23.3 Å². The number of fused-ring (bicyclic) bond motifs is 1. The zero-order valence-electron chi connectivity index (χ0n) is 21.8. The highest BCUT2D eigenvalue weighted by molar-refractivity contribution is 7.90. The normalized spacial score (nSPS) is 13.4. The van der Waals surface area contributed by atoms with Crippen LogP contribution in [0.5, 0.6) is 0 Å². The van der Waals surface area contributed by atoms with E-state index in [1.165, 1.54) is 27.6 Å². The van der Waals surface area contributed by atoms with Crippen molar-refractivity contribution >= 4 is 28.9 Å². The lowest BCUT2D eigenvalue weighted by molar-refractivity contribution is 0.256. The lowest BCUT2D eigenvalue weighted by Gasteiger charge is -2.24. The highest BCUT2D eigenvalue weighted by Crippen LogP contribution is 2.37. The molecule has 0 spiro atoms. The van der Waals surface area contributed by atoms with E-state index < -0.39 is 28.5 Å². The molecule has 1 aliphatic rings. The van der Waals surface area contributed by atoms with Crippen LogP contribution in [0.25, 0.3) is 11.1 Å². The minimum atomic E-state index is -4.21. The molecule has 4 N–H and O–H groups in total. The number of hydrogen-bond acceptors (Lipinski definition) is 7. The van der Waals surface area contributed by atoms with Crippen LogP contribution < -0.4 is 15.6 Å². The van der Waals surface area contributed by atoms with Gasteiger partial charge in [0.2, 0.25) is 0 Å². The minimum Gasteiger partial charge on any atom is -0.427 e. The number of amides is 2. The predicted molar refractivity (Wildman–Crippen MR) is 144 cm³/mol. The van der Waals surface area contributed by atoms with Crippen molar-refractivity contribution in [1.82, 2.24) is 19.1 Å². The Morgan fingerprint density at radius 1 is 1.16 bits per heavy atom. The summed E-state index contributed by atoms with van der Waals surface area (Å²) in [7, 11) is -5.81. The first-order valence-corrected chi connectivity index (χ1v) is 13.9. The summed E-state index contributed by atoms with van der Waals surface area (Å²) in [6.45, 7) is 7.08. The van der Waals surface area contributed by atoms with Crippen LogP contribution in [0.15, 0.2) is 52.5 Å². The standard InChI is InChI=1S/C25H32BN5O6S/c1-16(2)31-13-11-21(28-31)38(36,37)29-24(33)27-23-19-7-5-6-17(19)8-9-20(23)18-10-12-30(22(32)14-18)15-25(3,4)26(34)35/h8-14,16,34-35H,5-7,15H2,1-4H3,(H2,27,29,33). The first kappa shape index (κ1) is 27.6. The van der Waals surface area contributed by atoms with Gasteiger partial charge in [-0.1, -0.05) is 26.0 Å². The Morgan fingerprint density at radius 2 is 1.89 bits per heavy atom. The molecule has 13 heteroatoms. The second-order valence-electron chi connectivity index (χ2n) is 10.5. The number of aromatic nitrogens is 3. The van der Waals surface area contributed by atoms with E-state index >= 15 is 0 Å². The number of urea groups is 1. The fourth-order valence-electron chi connectivity index (χ4n) is 4.44. The highest BCUT2D eigenvalue weighted by Gasteiger charge is 2.33. The molecule has 11 nitrogen and oxygen atoms in total. The van der Waals surface area contributed by atoms with Gasteiger partial charge in [0.25, 0.3) is 15.6 Å². The third-order valence-corrected chi connectivity index (χ3v) is 7.94. The molecule has 2 aromatic heterocycles. The van der Waals surface area contributed by atoms with Crippen molar-refractivity contribution in [2.24, 2.45) is 0 Å². The van der Waals surface area contributed by atoms with E-state index in [9.17, 15) is 28.1 Å². The fraction of sp³-hybridized carbons (Fsp3) is 0.400. The number of rotatable bonds is 8. The molecule has 2 heterocycles. The van der Waals surface area contributed by atoms with E-state index in [0.29, 0.717) is 23.2 Å². The van der Waals surface area contributed by atoms with Gasteiger partial charge in [-0.05, 0) is 61.9 Å². The molecular formula is C25H32BN5O6S. The first-order chi connectivity index (χ1) is 17.8. The number of nitrogens with one attached hydrogen (secondary N) is 2. The van der Waals surface area contributed by atoms with Gasteiger partial charge in [-0.2, -0.15) is 13.5 Å². The number of carbonyl (C=O) groups is 1. The van der Waals surface area contributed by atoms with Gasteiger partial charge in [-0.15, -0.1) is 0 Å². The Kier molecular flexibility index (Phi) is 7.55. The zero-order valence-corrected chi connectivity index (χ0v) is 22.6. The number of pyridine rings is 1. The van der Waals surface area contributed by atoms with Crippen molar-refractivity contribution in [3.63, 3.8) is 0 Å². The monoisotopic (exact) mass is 541 g/mol. The molecule has 38 heavy (non-hydrogen) atoms. The maximum Gasteiger partial charge on any atom is 0.459 e. The molecule has 0 fully saturated rings. The molecule has 202 valence electrons. The van der Waals surface area contributed by atoms with Crippen molar-refractivity contribution in [3.05, 3.63) is 64.2 Å². The number of aryl methyl sites for hydroxylation is 1. The summed E-state index contributed by atoms with van der Waals surface area (Å²) < 4.78 is 30.5. The summed E-state index contributed by atoms with van der Waals surface area (Å²) >= 11 is 0. The summed E-state index contributed by atoms with van der Waals surface area (Å²) in [6.07, 6.45) is 5.51.